The number of nitrogens with one attached hydrogen (secondary N) is 1. The van der Waals surface area contributed by atoms with Gasteiger partial charge in [-0.15, -0.1) is 0 Å². The van der Waals surface area contributed by atoms with Crippen LogP contribution in [0.25, 0.3) is 0 Å². The zero-order valence-corrected chi connectivity index (χ0v) is 10.1. The lowest BCUT2D eigenvalue weighted by Gasteiger charge is -2.18. The Kier molecular flexibility index (Phi) is 7.08. The fraction of sp³-hybridized carbons (Fsp3) is 1.00. The summed E-state index contributed by atoms with van der Waals surface area (Å²) in [5.74, 6) is 0.366. The molecule has 0 fully saturated rings. The Morgan fingerprint density at radius 1 is 1.33 bits per heavy atom. The van der Waals surface area contributed by atoms with Gasteiger partial charge in [-0.3, -0.25) is 4.55 Å². The summed E-state index contributed by atoms with van der Waals surface area (Å²) < 4.78 is 29.2. The van der Waals surface area contributed by atoms with E-state index in [1.165, 1.54) is 0 Å². The molecule has 0 bridgehead atoms. The Morgan fingerprint density at radius 2 is 1.93 bits per heavy atom. The van der Waals surface area contributed by atoms with Gasteiger partial charge in [-0.25, -0.2) is 0 Å². The average Bonchev–Trinajstić information content (AvgIpc) is 2.08. The van der Waals surface area contributed by atoms with Gasteiger partial charge in [0, 0.05) is 13.2 Å². The molecule has 0 aliphatic carbocycles. The van der Waals surface area contributed by atoms with Crippen molar-refractivity contribution in [3.05, 3.63) is 0 Å². The van der Waals surface area contributed by atoms with Gasteiger partial charge in [0.1, 0.15) is 0 Å². The molecule has 6 heteroatoms. The van der Waals surface area contributed by atoms with E-state index in [-0.39, 0.29) is 18.3 Å². The number of hydrogen-bond donors (Lipinski definition) is 3. The van der Waals surface area contributed by atoms with Gasteiger partial charge in [0.05, 0.1) is 5.75 Å². The maximum atomic E-state index is 10.4. The molecule has 0 aliphatic rings. The highest BCUT2D eigenvalue weighted by Gasteiger charge is 2.11. The highest BCUT2D eigenvalue weighted by atomic mass is 32.2. The molecule has 0 amide bonds. The SMILES string of the molecule is CC(C)[C@H](CO)CNCCCS(=O)(=O)O. The van der Waals surface area contributed by atoms with Crippen LogP contribution in [-0.4, -0.2) is 43.5 Å². The van der Waals surface area contributed by atoms with Crippen LogP contribution in [0.4, 0.5) is 0 Å². The summed E-state index contributed by atoms with van der Waals surface area (Å²) in [4.78, 5) is 0. The summed E-state index contributed by atoms with van der Waals surface area (Å²) in [5, 5.41) is 12.1. The lowest BCUT2D eigenvalue weighted by Crippen LogP contribution is -2.30. The highest BCUT2D eigenvalue weighted by molar-refractivity contribution is 7.85. The van der Waals surface area contributed by atoms with Crippen LogP contribution in [0.15, 0.2) is 0 Å². The highest BCUT2D eigenvalue weighted by Crippen LogP contribution is 2.07. The minimum Gasteiger partial charge on any atom is -0.396 e. The van der Waals surface area contributed by atoms with E-state index in [0.29, 0.717) is 25.4 Å². The first-order valence-corrected chi connectivity index (χ1v) is 6.74. The van der Waals surface area contributed by atoms with Gasteiger partial charge in [0.2, 0.25) is 0 Å². The minimum atomic E-state index is -3.84. The van der Waals surface area contributed by atoms with Crippen LogP contribution >= 0.6 is 0 Å². The van der Waals surface area contributed by atoms with Crippen LogP contribution in [0.2, 0.25) is 0 Å². The van der Waals surface area contributed by atoms with Crippen LogP contribution in [0, 0.1) is 11.8 Å². The van der Waals surface area contributed by atoms with Gasteiger partial charge in [-0.05, 0) is 24.8 Å². The maximum absolute atomic E-state index is 10.4. The summed E-state index contributed by atoms with van der Waals surface area (Å²) in [6.07, 6.45) is 0.384. The van der Waals surface area contributed by atoms with Crippen molar-refractivity contribution in [2.75, 3.05) is 25.4 Å². The molecule has 0 aromatic rings. The van der Waals surface area contributed by atoms with E-state index in [2.05, 4.69) is 5.32 Å². The van der Waals surface area contributed by atoms with Crippen LogP contribution in [0.5, 0.6) is 0 Å². The number of rotatable bonds is 8. The largest absolute Gasteiger partial charge is 0.396 e. The third-order valence-electron chi connectivity index (χ3n) is 2.34. The summed E-state index contributed by atoms with van der Waals surface area (Å²) >= 11 is 0. The van der Waals surface area contributed by atoms with Gasteiger partial charge in [-0.2, -0.15) is 8.42 Å². The fourth-order valence-corrected chi connectivity index (χ4v) is 1.69. The molecule has 0 unspecified atom stereocenters. The second-order valence-electron chi connectivity index (χ2n) is 4.03. The van der Waals surface area contributed by atoms with Crippen molar-refractivity contribution >= 4 is 10.1 Å². The van der Waals surface area contributed by atoms with Crippen LogP contribution in [-0.2, 0) is 10.1 Å². The van der Waals surface area contributed by atoms with Gasteiger partial charge < -0.3 is 10.4 Å². The van der Waals surface area contributed by atoms with Crippen LogP contribution < -0.4 is 5.32 Å². The molecule has 0 radical (unpaired) electrons. The monoisotopic (exact) mass is 239 g/mol. The van der Waals surface area contributed by atoms with Crippen molar-refractivity contribution in [3.8, 4) is 0 Å². The zero-order valence-electron chi connectivity index (χ0n) is 9.31. The number of aliphatic hydroxyl groups excluding tert-OH is 1. The van der Waals surface area contributed by atoms with Gasteiger partial charge in [0.15, 0.2) is 0 Å². The smallest absolute Gasteiger partial charge is 0.264 e. The average molecular weight is 239 g/mol. The number of hydrogen-bond acceptors (Lipinski definition) is 4. The molecular weight excluding hydrogens is 218 g/mol. The second-order valence-corrected chi connectivity index (χ2v) is 5.60. The molecule has 15 heavy (non-hydrogen) atoms. The molecule has 92 valence electrons. The number of aliphatic hydroxyl groups is 1. The van der Waals surface area contributed by atoms with Gasteiger partial charge in [0.25, 0.3) is 10.1 Å². The van der Waals surface area contributed by atoms with E-state index in [4.69, 9.17) is 9.66 Å². The van der Waals surface area contributed by atoms with Crippen molar-refractivity contribution in [3.63, 3.8) is 0 Å². The first-order valence-electron chi connectivity index (χ1n) is 5.13. The second kappa shape index (κ2) is 7.16. The predicted molar refractivity (Wildman–Crippen MR) is 59.3 cm³/mol. The Morgan fingerprint density at radius 3 is 2.33 bits per heavy atom. The topological polar surface area (TPSA) is 86.6 Å². The van der Waals surface area contributed by atoms with Crippen molar-refractivity contribution in [1.29, 1.82) is 0 Å². The van der Waals surface area contributed by atoms with Gasteiger partial charge >= 0.3 is 0 Å². The zero-order chi connectivity index (χ0) is 11.9. The molecule has 0 saturated carbocycles. The van der Waals surface area contributed by atoms with E-state index in [1.807, 2.05) is 13.8 Å². The van der Waals surface area contributed by atoms with Crippen molar-refractivity contribution in [1.82, 2.24) is 5.32 Å². The quantitative estimate of drug-likeness (QED) is 0.414. The molecule has 0 spiro atoms. The summed E-state index contributed by atoms with van der Waals surface area (Å²) in [6.45, 7) is 5.38. The fourth-order valence-electron chi connectivity index (χ4n) is 1.18. The normalized spacial score (nSPS) is 14.5. The van der Waals surface area contributed by atoms with E-state index >= 15 is 0 Å². The summed E-state index contributed by atoms with van der Waals surface area (Å²) in [6, 6.07) is 0. The van der Waals surface area contributed by atoms with Crippen LogP contribution in [0.3, 0.4) is 0 Å². The Hall–Kier alpha value is -0.170. The molecule has 0 heterocycles. The summed E-state index contributed by atoms with van der Waals surface area (Å²) in [7, 11) is -3.84. The molecular formula is C9H21NO4S. The van der Waals surface area contributed by atoms with E-state index < -0.39 is 10.1 Å². The molecule has 0 saturated heterocycles. The lowest BCUT2D eigenvalue weighted by molar-refractivity contribution is 0.186. The van der Waals surface area contributed by atoms with E-state index in [0.717, 1.165) is 0 Å². The predicted octanol–water partition coefficient (Wildman–Crippen LogP) is 0.118. The van der Waals surface area contributed by atoms with Crippen molar-refractivity contribution in [2.24, 2.45) is 11.8 Å². The third-order valence-corrected chi connectivity index (χ3v) is 3.14. The Labute approximate surface area is 91.6 Å². The molecule has 0 rings (SSSR count). The van der Waals surface area contributed by atoms with Crippen LogP contribution in [0.1, 0.15) is 20.3 Å². The van der Waals surface area contributed by atoms with E-state index in [9.17, 15) is 8.42 Å². The van der Waals surface area contributed by atoms with Gasteiger partial charge in [-0.1, -0.05) is 13.8 Å². The third kappa shape index (κ3) is 8.80. The first-order chi connectivity index (χ1) is 6.87. The maximum Gasteiger partial charge on any atom is 0.264 e. The standard InChI is InChI=1S/C9H21NO4S/c1-8(2)9(7-11)6-10-4-3-5-15(12,13)14/h8-11H,3-7H2,1-2H3,(H,12,13,14)/t9-/m0/s1. The van der Waals surface area contributed by atoms with E-state index in [1.54, 1.807) is 0 Å². The molecule has 3 N–H and O–H groups in total. The molecule has 1 atom stereocenters. The Balaban J connectivity index is 3.53. The summed E-state index contributed by atoms with van der Waals surface area (Å²) in [5.41, 5.74) is 0. The Bertz CT molecular complexity index is 251. The van der Waals surface area contributed by atoms with Crippen molar-refractivity contribution in [2.45, 2.75) is 20.3 Å². The molecule has 0 aromatic carbocycles. The first kappa shape index (κ1) is 14.8. The van der Waals surface area contributed by atoms with Crippen molar-refractivity contribution < 1.29 is 18.1 Å². The molecule has 0 aliphatic heterocycles. The lowest BCUT2D eigenvalue weighted by atomic mass is 9.97. The molecule has 0 aromatic heterocycles. The molecule has 5 nitrogen and oxygen atoms in total. The minimum absolute atomic E-state index is 0.128.